The highest BCUT2D eigenvalue weighted by atomic mass is 16.3. The van der Waals surface area contributed by atoms with E-state index in [4.69, 9.17) is 5.73 Å². The highest BCUT2D eigenvalue weighted by Gasteiger charge is 2.07. The van der Waals surface area contributed by atoms with Crippen molar-refractivity contribution in [2.75, 3.05) is 5.73 Å². The number of nitrogen functional groups attached to an aromatic ring is 1. The van der Waals surface area contributed by atoms with Gasteiger partial charge in [-0.3, -0.25) is 0 Å². The fourth-order valence-corrected chi connectivity index (χ4v) is 0.980. The number of phenols is 2. The molecule has 3 nitrogen and oxygen atoms in total. The molecule has 64 valence electrons. The van der Waals surface area contributed by atoms with E-state index in [1.165, 1.54) is 0 Å². The van der Waals surface area contributed by atoms with Crippen LogP contribution in [0.1, 0.15) is 5.56 Å². The second-order valence-electron chi connectivity index (χ2n) is 2.69. The molecule has 0 heterocycles. The number of hydrogen-bond donors (Lipinski definition) is 3. The number of rotatable bonds is 0. The topological polar surface area (TPSA) is 66.5 Å². The van der Waals surface area contributed by atoms with E-state index in [1.807, 2.05) is 0 Å². The minimum Gasteiger partial charge on any atom is -0.507 e. The van der Waals surface area contributed by atoms with Crippen LogP contribution in [-0.2, 0) is 0 Å². The van der Waals surface area contributed by atoms with Gasteiger partial charge in [-0.05, 0) is 6.92 Å². The predicted octanol–water partition coefficient (Wildman–Crippen LogP) is -0.191. The molecule has 0 atom stereocenters. The van der Waals surface area contributed by atoms with Gasteiger partial charge in [0, 0.05) is 16.0 Å². The van der Waals surface area contributed by atoms with Crippen LogP contribution in [-0.4, -0.2) is 10.2 Å². The van der Waals surface area contributed by atoms with Crippen LogP contribution >= 0.6 is 0 Å². The average Bonchev–Trinajstić information content (AvgIpc) is 2.08. The molecule has 1 rings (SSSR count). The summed E-state index contributed by atoms with van der Waals surface area (Å²) in [5, 5.41) is 19.3. The van der Waals surface area contributed by atoms with E-state index in [0.29, 0.717) is 10.8 Å². The van der Waals surface area contributed by atoms with Crippen LogP contribution in [0.3, 0.4) is 0 Å². The van der Waals surface area contributed by atoms with Gasteiger partial charge < -0.3 is 15.9 Å². The maximum atomic E-state index is 9.40. The zero-order valence-electron chi connectivity index (χ0n) is 6.89. The lowest BCUT2D eigenvalue weighted by atomic mass is 10.1. The molecule has 0 saturated carbocycles. The molecule has 0 spiro atoms. The quantitative estimate of drug-likeness (QED) is 0.283. The number of aromatic hydroxyl groups is 2. The second kappa shape index (κ2) is 2.44. The minimum atomic E-state index is -0.102. The van der Waals surface area contributed by atoms with Crippen molar-refractivity contribution in [3.63, 3.8) is 0 Å². The minimum absolute atomic E-state index is 0.00435. The zero-order valence-corrected chi connectivity index (χ0v) is 6.89. The van der Waals surface area contributed by atoms with Gasteiger partial charge in [-0.25, -0.2) is 0 Å². The molecule has 0 radical (unpaired) electrons. The van der Waals surface area contributed by atoms with E-state index < -0.39 is 0 Å². The maximum absolute atomic E-state index is 9.40. The first-order valence-corrected chi connectivity index (χ1v) is 3.44. The third-order valence-electron chi connectivity index (χ3n) is 1.96. The summed E-state index contributed by atoms with van der Waals surface area (Å²) < 4.78 is 0. The lowest BCUT2D eigenvalue weighted by Crippen LogP contribution is -2.17. The standard InChI is InChI=1S/C9H11NO2/c1-4-5(2)9(12)7(10)6(3)8(4)11/h11-12H,2-3,10H2,1H3. The highest BCUT2D eigenvalue weighted by molar-refractivity contribution is 5.61. The van der Waals surface area contributed by atoms with E-state index in [0.717, 1.165) is 0 Å². The summed E-state index contributed by atoms with van der Waals surface area (Å²) in [6.07, 6.45) is 0. The molecule has 12 heavy (non-hydrogen) atoms. The number of hydrogen-bond acceptors (Lipinski definition) is 3. The predicted molar refractivity (Wildman–Crippen MR) is 49.2 cm³/mol. The summed E-state index contributed by atoms with van der Waals surface area (Å²) in [4.78, 5) is 0. The Morgan fingerprint density at radius 2 is 1.58 bits per heavy atom. The molecule has 1 aromatic rings. The molecule has 0 aliphatic heterocycles. The van der Waals surface area contributed by atoms with E-state index in [1.54, 1.807) is 6.92 Å². The maximum Gasteiger partial charge on any atom is 0.146 e. The van der Waals surface area contributed by atoms with Crippen molar-refractivity contribution in [3.8, 4) is 11.5 Å². The van der Waals surface area contributed by atoms with Gasteiger partial charge in [-0.2, -0.15) is 0 Å². The summed E-state index contributed by atoms with van der Waals surface area (Å²) in [7, 11) is 0. The summed E-state index contributed by atoms with van der Waals surface area (Å²) in [5.41, 5.74) is 6.03. The van der Waals surface area contributed by atoms with Crippen LogP contribution in [0.15, 0.2) is 0 Å². The largest absolute Gasteiger partial charge is 0.507 e. The summed E-state index contributed by atoms with van der Waals surface area (Å²) in [5.74, 6) is -0.106. The summed E-state index contributed by atoms with van der Waals surface area (Å²) in [6, 6.07) is 0. The lowest BCUT2D eigenvalue weighted by Gasteiger charge is -2.05. The molecule has 0 fully saturated rings. The fraction of sp³-hybridized carbons (Fsp3) is 0.111. The number of phenolic OH excluding ortho intramolecular Hbond substituents is 2. The molecule has 0 aliphatic rings. The van der Waals surface area contributed by atoms with Gasteiger partial charge in [0.2, 0.25) is 0 Å². The Labute approximate surface area is 70.1 Å². The monoisotopic (exact) mass is 165 g/mol. The van der Waals surface area contributed by atoms with Crippen LogP contribution in [0, 0.1) is 6.92 Å². The van der Waals surface area contributed by atoms with E-state index in [2.05, 4.69) is 13.2 Å². The Bertz CT molecular complexity index is 347. The van der Waals surface area contributed by atoms with Gasteiger partial charge in [0.15, 0.2) is 0 Å². The van der Waals surface area contributed by atoms with Crippen LogP contribution < -0.4 is 16.2 Å². The lowest BCUT2D eigenvalue weighted by molar-refractivity contribution is 0.452. The van der Waals surface area contributed by atoms with Crippen molar-refractivity contribution >= 4 is 18.8 Å². The van der Waals surface area contributed by atoms with Gasteiger partial charge in [0.05, 0.1) is 5.69 Å². The molecule has 3 heteroatoms. The molecule has 4 N–H and O–H groups in total. The Kier molecular flexibility index (Phi) is 1.72. The Balaban J connectivity index is 3.86. The van der Waals surface area contributed by atoms with Crippen molar-refractivity contribution in [1.82, 2.24) is 0 Å². The molecule has 0 bridgehead atoms. The smallest absolute Gasteiger partial charge is 0.146 e. The van der Waals surface area contributed by atoms with Crippen LogP contribution in [0.4, 0.5) is 5.69 Å². The first kappa shape index (κ1) is 8.46. The van der Waals surface area contributed by atoms with Crippen molar-refractivity contribution in [3.05, 3.63) is 16.0 Å². The fourth-order valence-electron chi connectivity index (χ4n) is 0.980. The van der Waals surface area contributed by atoms with E-state index in [-0.39, 0.29) is 22.4 Å². The van der Waals surface area contributed by atoms with Crippen LogP contribution in [0.5, 0.6) is 11.5 Å². The molecular formula is C9H11NO2. The Morgan fingerprint density at radius 3 is 2.08 bits per heavy atom. The van der Waals surface area contributed by atoms with Crippen molar-refractivity contribution in [2.24, 2.45) is 0 Å². The second-order valence-corrected chi connectivity index (χ2v) is 2.69. The average molecular weight is 165 g/mol. The first-order valence-electron chi connectivity index (χ1n) is 3.44. The van der Waals surface area contributed by atoms with Crippen molar-refractivity contribution in [2.45, 2.75) is 6.92 Å². The van der Waals surface area contributed by atoms with E-state index >= 15 is 0 Å². The molecule has 0 saturated heterocycles. The van der Waals surface area contributed by atoms with Gasteiger partial charge >= 0.3 is 0 Å². The zero-order chi connectivity index (χ0) is 9.46. The van der Waals surface area contributed by atoms with Crippen LogP contribution in [0.2, 0.25) is 0 Å². The molecular weight excluding hydrogens is 154 g/mol. The molecule has 0 amide bonds. The summed E-state index contributed by atoms with van der Waals surface area (Å²) >= 11 is 0. The van der Waals surface area contributed by atoms with Crippen LogP contribution in [0.25, 0.3) is 13.2 Å². The van der Waals surface area contributed by atoms with E-state index in [9.17, 15) is 10.2 Å². The molecule has 0 aromatic heterocycles. The van der Waals surface area contributed by atoms with Crippen molar-refractivity contribution < 1.29 is 10.2 Å². The number of benzene rings is 1. The van der Waals surface area contributed by atoms with Crippen molar-refractivity contribution in [1.29, 1.82) is 0 Å². The third-order valence-corrected chi connectivity index (χ3v) is 1.96. The Morgan fingerprint density at radius 1 is 1.08 bits per heavy atom. The van der Waals surface area contributed by atoms with Gasteiger partial charge in [0.25, 0.3) is 0 Å². The SMILES string of the molecule is C=c1c(C)c(O)c(=C)c(N)c1O. The Hall–Kier alpha value is -1.64. The molecule has 1 aromatic carbocycles. The number of nitrogens with two attached hydrogens (primary N) is 1. The first-order chi connectivity index (χ1) is 5.46. The molecule has 0 unspecified atom stereocenters. The number of anilines is 1. The van der Waals surface area contributed by atoms with Gasteiger partial charge in [-0.15, -0.1) is 0 Å². The van der Waals surface area contributed by atoms with Gasteiger partial charge in [-0.1, -0.05) is 13.2 Å². The van der Waals surface area contributed by atoms with Gasteiger partial charge in [0.1, 0.15) is 11.5 Å². The third kappa shape index (κ3) is 0.906. The normalized spacial score (nSPS) is 10.1. The summed E-state index contributed by atoms with van der Waals surface area (Å²) in [6.45, 7) is 8.73. The highest BCUT2D eigenvalue weighted by Crippen LogP contribution is 2.15. The molecule has 0 aliphatic carbocycles.